The summed E-state index contributed by atoms with van der Waals surface area (Å²) in [6, 6.07) is 5.32. The van der Waals surface area contributed by atoms with Crippen LogP contribution in [0.15, 0.2) is 16.3 Å². The Morgan fingerprint density at radius 1 is 1.38 bits per heavy atom. The maximum Gasteiger partial charge on any atom is 0.252 e. The number of nitrogens with zero attached hydrogens (tertiary/aromatic N) is 2. The summed E-state index contributed by atoms with van der Waals surface area (Å²) in [4.78, 5) is 0.427. The Hall–Kier alpha value is -0.940. The molecule has 116 valence electrons. The zero-order valence-corrected chi connectivity index (χ0v) is 13.8. The molecule has 2 N–H and O–H groups in total. The Morgan fingerprint density at radius 3 is 2.57 bits per heavy atom. The van der Waals surface area contributed by atoms with Crippen molar-refractivity contribution in [3.63, 3.8) is 0 Å². The average molecular weight is 327 g/mol. The van der Waals surface area contributed by atoms with Crippen molar-refractivity contribution in [1.82, 2.24) is 4.31 Å². The van der Waals surface area contributed by atoms with Crippen molar-refractivity contribution in [2.45, 2.75) is 55.3 Å². The Balaban J connectivity index is 2.26. The summed E-state index contributed by atoms with van der Waals surface area (Å²) in [5.74, 6) is 0. The van der Waals surface area contributed by atoms with E-state index in [4.69, 9.17) is 11.0 Å². The molecule has 0 unspecified atom stereocenters. The molecule has 2 rings (SSSR count). The van der Waals surface area contributed by atoms with Gasteiger partial charge < -0.3 is 5.73 Å². The summed E-state index contributed by atoms with van der Waals surface area (Å²) in [7, 11) is -3.51. The Morgan fingerprint density at radius 2 is 2.05 bits per heavy atom. The van der Waals surface area contributed by atoms with E-state index in [1.807, 2.05) is 13.0 Å². The molecule has 1 aromatic heterocycles. The molecule has 0 radical (unpaired) electrons. The molecule has 0 spiro atoms. The van der Waals surface area contributed by atoms with Crippen molar-refractivity contribution >= 4 is 21.4 Å². The highest BCUT2D eigenvalue weighted by atomic mass is 32.2. The lowest BCUT2D eigenvalue weighted by atomic mass is 9.92. The molecule has 1 saturated carbocycles. The summed E-state index contributed by atoms with van der Waals surface area (Å²) < 4.78 is 27.5. The first kappa shape index (κ1) is 16.4. The second-order valence-corrected chi connectivity index (χ2v) is 8.62. The zero-order chi connectivity index (χ0) is 15.5. The Kier molecular flexibility index (Phi) is 5.38. The van der Waals surface area contributed by atoms with Crippen LogP contribution >= 0.6 is 11.3 Å². The molecule has 0 aromatic carbocycles. The first-order valence-electron chi connectivity index (χ1n) is 7.26. The fourth-order valence-corrected chi connectivity index (χ4v) is 5.75. The minimum absolute atomic E-state index is 0.0300. The zero-order valence-electron chi connectivity index (χ0n) is 12.2. The maximum atomic E-state index is 12.8. The van der Waals surface area contributed by atoms with Crippen LogP contribution in [0, 0.1) is 11.3 Å². The van der Waals surface area contributed by atoms with E-state index in [-0.39, 0.29) is 16.3 Å². The Bertz CT molecular complexity index is 610. The van der Waals surface area contributed by atoms with E-state index in [0.717, 1.165) is 43.4 Å². The van der Waals surface area contributed by atoms with Gasteiger partial charge in [0.05, 0.1) is 0 Å². The topological polar surface area (TPSA) is 87.2 Å². The van der Waals surface area contributed by atoms with Crippen molar-refractivity contribution in [2.24, 2.45) is 5.73 Å². The lowest BCUT2D eigenvalue weighted by Crippen LogP contribution is -2.44. The molecule has 5 nitrogen and oxygen atoms in total. The monoisotopic (exact) mass is 327 g/mol. The van der Waals surface area contributed by atoms with E-state index in [9.17, 15) is 8.42 Å². The van der Waals surface area contributed by atoms with Gasteiger partial charge in [0, 0.05) is 18.6 Å². The molecule has 1 heterocycles. The third-order valence-electron chi connectivity index (χ3n) is 3.85. The van der Waals surface area contributed by atoms with Crippen LogP contribution in [-0.2, 0) is 10.0 Å². The molecule has 0 atom stereocenters. The largest absolute Gasteiger partial charge is 0.328 e. The molecule has 21 heavy (non-hydrogen) atoms. The highest BCUT2D eigenvalue weighted by molar-refractivity contribution is 7.91. The van der Waals surface area contributed by atoms with Gasteiger partial charge in [-0.2, -0.15) is 9.57 Å². The van der Waals surface area contributed by atoms with Crippen molar-refractivity contribution in [3.8, 4) is 6.07 Å². The van der Waals surface area contributed by atoms with Crippen molar-refractivity contribution in [1.29, 1.82) is 5.26 Å². The number of nitriles is 1. The molecule has 1 aliphatic rings. The van der Waals surface area contributed by atoms with Crippen LogP contribution in [0.2, 0.25) is 0 Å². The minimum atomic E-state index is -3.51. The summed E-state index contributed by atoms with van der Waals surface area (Å²) >= 11 is 1.04. The second kappa shape index (κ2) is 6.88. The van der Waals surface area contributed by atoms with Gasteiger partial charge in [-0.05, 0) is 44.2 Å². The summed E-state index contributed by atoms with van der Waals surface area (Å²) in [5.41, 5.74) is 5.91. The minimum Gasteiger partial charge on any atom is -0.328 e. The number of thiophene rings is 1. The third-order valence-corrected chi connectivity index (χ3v) is 7.26. The van der Waals surface area contributed by atoms with Crippen LogP contribution in [0.4, 0.5) is 0 Å². The van der Waals surface area contributed by atoms with Crippen molar-refractivity contribution < 1.29 is 8.42 Å². The molecule has 0 aliphatic heterocycles. The molecule has 7 heteroatoms. The van der Waals surface area contributed by atoms with Gasteiger partial charge >= 0.3 is 0 Å². The highest BCUT2D eigenvalue weighted by Gasteiger charge is 2.33. The van der Waals surface area contributed by atoms with Crippen LogP contribution in [0.3, 0.4) is 0 Å². The van der Waals surface area contributed by atoms with Crippen molar-refractivity contribution in [2.75, 3.05) is 6.54 Å². The first-order valence-corrected chi connectivity index (χ1v) is 9.52. The van der Waals surface area contributed by atoms with Gasteiger partial charge in [-0.15, -0.1) is 11.3 Å². The van der Waals surface area contributed by atoms with E-state index < -0.39 is 10.0 Å². The van der Waals surface area contributed by atoms with Crippen LogP contribution in [0.1, 0.15) is 43.9 Å². The smallest absolute Gasteiger partial charge is 0.252 e. The van der Waals surface area contributed by atoms with Gasteiger partial charge in [0.15, 0.2) is 0 Å². The molecule has 1 fully saturated rings. The van der Waals surface area contributed by atoms with E-state index in [0.29, 0.717) is 11.4 Å². The van der Waals surface area contributed by atoms with Gasteiger partial charge in [-0.25, -0.2) is 8.42 Å². The van der Waals surface area contributed by atoms with Gasteiger partial charge in [-0.3, -0.25) is 0 Å². The standard InChI is InChI=1S/C14H21N3O2S2/c1-2-9-17(12-5-3-11(16)4-6-12)21(18,19)14-8-7-13(10-15)20-14/h7-8,11-12H,2-6,9,16H2,1H3. The number of nitrogens with two attached hydrogens (primary N) is 1. The quantitative estimate of drug-likeness (QED) is 0.899. The van der Waals surface area contributed by atoms with Gasteiger partial charge in [0.25, 0.3) is 10.0 Å². The molecular weight excluding hydrogens is 306 g/mol. The number of rotatable bonds is 5. The summed E-state index contributed by atoms with van der Waals surface area (Å²) in [5, 5.41) is 8.87. The molecule has 0 bridgehead atoms. The fourth-order valence-electron chi connectivity index (χ4n) is 2.74. The average Bonchev–Trinajstić information content (AvgIpc) is 2.95. The van der Waals surface area contributed by atoms with Crippen LogP contribution < -0.4 is 5.73 Å². The number of sulfonamides is 1. The Labute approximate surface area is 130 Å². The predicted molar refractivity (Wildman–Crippen MR) is 83.4 cm³/mol. The van der Waals surface area contributed by atoms with Crippen molar-refractivity contribution in [3.05, 3.63) is 17.0 Å². The molecule has 0 amide bonds. The second-order valence-electron chi connectivity index (χ2n) is 5.41. The van der Waals surface area contributed by atoms with Gasteiger partial charge in [0.2, 0.25) is 0 Å². The summed E-state index contributed by atoms with van der Waals surface area (Å²) in [6.07, 6.45) is 4.15. The maximum absolute atomic E-state index is 12.8. The predicted octanol–water partition coefficient (Wildman–Crippen LogP) is 2.29. The van der Waals surface area contributed by atoms with E-state index >= 15 is 0 Å². The molecule has 1 aromatic rings. The fraction of sp³-hybridized carbons (Fsp3) is 0.643. The first-order chi connectivity index (χ1) is 9.98. The lowest BCUT2D eigenvalue weighted by molar-refractivity contribution is 0.240. The molecular formula is C14H21N3O2S2. The molecule has 1 aliphatic carbocycles. The van der Waals surface area contributed by atoms with Crippen LogP contribution in [-0.4, -0.2) is 31.4 Å². The molecule has 0 saturated heterocycles. The van der Waals surface area contributed by atoms with E-state index in [1.165, 1.54) is 6.07 Å². The SMILES string of the molecule is CCCN(C1CCC(N)CC1)S(=O)(=O)c1ccc(C#N)s1. The van der Waals surface area contributed by atoms with E-state index in [1.54, 1.807) is 10.4 Å². The van der Waals surface area contributed by atoms with Crippen LogP contribution in [0.5, 0.6) is 0 Å². The third kappa shape index (κ3) is 3.64. The van der Waals surface area contributed by atoms with Gasteiger partial charge in [0.1, 0.15) is 15.2 Å². The normalized spacial score (nSPS) is 23.1. The van der Waals surface area contributed by atoms with Gasteiger partial charge in [-0.1, -0.05) is 6.92 Å². The van der Waals surface area contributed by atoms with Crippen LogP contribution in [0.25, 0.3) is 0 Å². The van der Waals surface area contributed by atoms with E-state index in [2.05, 4.69) is 0 Å². The number of hydrogen-bond acceptors (Lipinski definition) is 5. The highest BCUT2D eigenvalue weighted by Crippen LogP contribution is 2.30. The summed E-state index contributed by atoms with van der Waals surface area (Å²) in [6.45, 7) is 2.49. The lowest BCUT2D eigenvalue weighted by Gasteiger charge is -2.34. The number of hydrogen-bond donors (Lipinski definition) is 1.